The minimum Gasteiger partial charge on any atom is -0.493 e. The highest BCUT2D eigenvalue weighted by molar-refractivity contribution is 14.1. The van der Waals surface area contributed by atoms with Crippen LogP contribution in [0.4, 0.5) is 21.9 Å². The van der Waals surface area contributed by atoms with Crippen LogP contribution < -0.4 is 24.6 Å². The summed E-state index contributed by atoms with van der Waals surface area (Å²) in [5, 5.41) is 3.37. The van der Waals surface area contributed by atoms with E-state index in [1.807, 2.05) is 68.4 Å². The molecule has 0 aromatic heterocycles. The first-order valence-electron chi connectivity index (χ1n) is 12.4. The van der Waals surface area contributed by atoms with Gasteiger partial charge in [0.15, 0.2) is 11.5 Å². The van der Waals surface area contributed by atoms with Crippen molar-refractivity contribution in [3.8, 4) is 11.5 Å². The second kappa shape index (κ2) is 11.8. The zero-order valence-electron chi connectivity index (χ0n) is 22.0. The third-order valence-corrected chi connectivity index (χ3v) is 7.18. The summed E-state index contributed by atoms with van der Waals surface area (Å²) < 4.78 is 11.6. The number of amides is 2. The van der Waals surface area contributed by atoms with Crippen molar-refractivity contribution < 1.29 is 19.1 Å². The maximum Gasteiger partial charge on any atom is 0.284 e. The van der Waals surface area contributed by atoms with Crippen LogP contribution in [0.15, 0.2) is 54.6 Å². The van der Waals surface area contributed by atoms with Gasteiger partial charge >= 0.3 is 0 Å². The Labute approximate surface area is 242 Å². The van der Waals surface area contributed by atoms with Gasteiger partial charge in [-0.15, -0.1) is 0 Å². The standard InChI is InChI=1S/C29H31ClIN3O4/c1-6-17(2)38-26-16-23-18(13-25(26)37-5)14-27(35)34(21-10-8-20(9-11-21)33(3)4)28(23)22-12-7-19(30)15-24(22)32-29(31)36/h7-13,15-17,28H,6,14H2,1-5H3,(H,32,36)/t17-,28?/m1/s1. The van der Waals surface area contributed by atoms with E-state index in [1.165, 1.54) is 0 Å². The Bertz CT molecular complexity index is 1350. The molecule has 38 heavy (non-hydrogen) atoms. The van der Waals surface area contributed by atoms with Crippen molar-refractivity contribution in [3.63, 3.8) is 0 Å². The molecular formula is C29H31ClIN3O4. The summed E-state index contributed by atoms with van der Waals surface area (Å²) in [6.45, 7) is 4.06. The molecule has 7 nitrogen and oxygen atoms in total. The monoisotopic (exact) mass is 647 g/mol. The molecule has 0 radical (unpaired) electrons. The average Bonchev–Trinajstić information content (AvgIpc) is 2.87. The summed E-state index contributed by atoms with van der Waals surface area (Å²) in [6.07, 6.45) is 1.00. The molecule has 1 heterocycles. The van der Waals surface area contributed by atoms with Gasteiger partial charge in [0.25, 0.3) is 3.91 Å². The number of nitrogens with one attached hydrogen (secondary N) is 1. The molecule has 0 fully saturated rings. The Morgan fingerprint density at radius 3 is 2.45 bits per heavy atom. The molecule has 0 saturated carbocycles. The van der Waals surface area contributed by atoms with Crippen molar-refractivity contribution in [2.45, 2.75) is 38.8 Å². The summed E-state index contributed by atoms with van der Waals surface area (Å²) in [7, 11) is 5.54. The number of hydrogen-bond acceptors (Lipinski definition) is 5. The Hall–Kier alpha value is -2.98. The van der Waals surface area contributed by atoms with Crippen LogP contribution in [0, 0.1) is 0 Å². The molecule has 2 atom stereocenters. The van der Waals surface area contributed by atoms with Crippen LogP contribution in [0.3, 0.4) is 0 Å². The van der Waals surface area contributed by atoms with Gasteiger partial charge in [0.05, 0.1) is 25.7 Å². The number of nitrogens with zero attached hydrogens (tertiary/aromatic N) is 2. The Kier molecular flexibility index (Phi) is 8.72. The summed E-state index contributed by atoms with van der Waals surface area (Å²) >= 11 is 8.02. The lowest BCUT2D eigenvalue weighted by molar-refractivity contribution is -0.118. The van der Waals surface area contributed by atoms with Crippen LogP contribution in [0.25, 0.3) is 0 Å². The van der Waals surface area contributed by atoms with Gasteiger partial charge in [-0.2, -0.15) is 0 Å². The van der Waals surface area contributed by atoms with Crippen LogP contribution >= 0.6 is 34.2 Å². The lowest BCUT2D eigenvalue weighted by Crippen LogP contribution is -2.41. The molecule has 0 aliphatic carbocycles. The van der Waals surface area contributed by atoms with E-state index in [9.17, 15) is 9.59 Å². The summed E-state index contributed by atoms with van der Waals surface area (Å²) in [4.78, 5) is 29.7. The fraction of sp³-hybridized carbons (Fsp3) is 0.310. The van der Waals surface area contributed by atoms with Gasteiger partial charge in [-0.3, -0.25) is 9.59 Å². The number of halogens is 2. The van der Waals surface area contributed by atoms with Crippen molar-refractivity contribution in [1.82, 2.24) is 0 Å². The fourth-order valence-electron chi connectivity index (χ4n) is 4.60. The van der Waals surface area contributed by atoms with Crippen LogP contribution in [0.5, 0.6) is 11.5 Å². The quantitative estimate of drug-likeness (QED) is 0.159. The van der Waals surface area contributed by atoms with E-state index in [0.717, 1.165) is 34.5 Å². The molecule has 200 valence electrons. The number of fused-ring (bicyclic) bond motifs is 1. The highest BCUT2D eigenvalue weighted by Crippen LogP contribution is 2.46. The van der Waals surface area contributed by atoms with E-state index in [2.05, 4.69) is 12.2 Å². The second-order valence-corrected chi connectivity index (χ2v) is 10.8. The lowest BCUT2D eigenvalue weighted by Gasteiger charge is -2.39. The number of carbonyl (C=O) groups excluding carboxylic acids is 2. The minimum atomic E-state index is -0.544. The summed E-state index contributed by atoms with van der Waals surface area (Å²) in [5.41, 5.74) is 4.79. The summed E-state index contributed by atoms with van der Waals surface area (Å²) in [5.74, 6) is 1.12. The fourth-order valence-corrected chi connectivity index (χ4v) is 5.06. The van der Waals surface area contributed by atoms with Gasteiger partial charge in [-0.1, -0.05) is 24.6 Å². The molecule has 9 heteroatoms. The molecular weight excluding hydrogens is 617 g/mol. The molecule has 1 N–H and O–H groups in total. The zero-order chi connectivity index (χ0) is 27.6. The first kappa shape index (κ1) is 28.0. The minimum absolute atomic E-state index is 0.0234. The number of rotatable bonds is 8. The maximum atomic E-state index is 13.8. The molecule has 1 aliphatic rings. The third-order valence-electron chi connectivity index (χ3n) is 6.68. The van der Waals surface area contributed by atoms with Crippen LogP contribution in [0.1, 0.15) is 43.0 Å². The van der Waals surface area contributed by atoms with Crippen molar-refractivity contribution in [3.05, 3.63) is 76.3 Å². The van der Waals surface area contributed by atoms with Gasteiger partial charge in [0, 0.05) is 64.3 Å². The number of ether oxygens (including phenoxy) is 2. The largest absolute Gasteiger partial charge is 0.493 e. The predicted octanol–water partition coefficient (Wildman–Crippen LogP) is 7.24. The maximum absolute atomic E-state index is 13.8. The van der Waals surface area contributed by atoms with Gasteiger partial charge in [-0.05, 0) is 73.0 Å². The second-order valence-electron chi connectivity index (χ2n) is 9.42. The topological polar surface area (TPSA) is 71.1 Å². The number of anilines is 3. The first-order chi connectivity index (χ1) is 18.1. The smallest absolute Gasteiger partial charge is 0.284 e. The molecule has 0 bridgehead atoms. The molecule has 1 unspecified atom stereocenters. The van der Waals surface area contributed by atoms with Gasteiger partial charge in [0.1, 0.15) is 0 Å². The van der Waals surface area contributed by atoms with Gasteiger partial charge < -0.3 is 24.6 Å². The van der Waals surface area contributed by atoms with Crippen molar-refractivity contribution in [2.75, 3.05) is 36.3 Å². The Balaban J connectivity index is 1.96. The van der Waals surface area contributed by atoms with E-state index in [0.29, 0.717) is 22.2 Å². The molecule has 4 rings (SSSR count). The SMILES string of the molecule is CC[C@@H](C)Oc1cc2c(cc1OC)CC(=O)N(c1ccc(N(C)C)cc1)C2c1ccc(Cl)cc1NC(=O)I. The highest BCUT2D eigenvalue weighted by Gasteiger charge is 2.37. The van der Waals surface area contributed by atoms with E-state index < -0.39 is 6.04 Å². The van der Waals surface area contributed by atoms with E-state index in [4.69, 9.17) is 21.1 Å². The first-order valence-corrected chi connectivity index (χ1v) is 13.8. The van der Waals surface area contributed by atoms with Crippen LogP contribution in [-0.2, 0) is 11.2 Å². The van der Waals surface area contributed by atoms with Crippen molar-refractivity contribution in [2.24, 2.45) is 0 Å². The van der Waals surface area contributed by atoms with Gasteiger partial charge in [0.2, 0.25) is 5.91 Å². The molecule has 3 aromatic rings. The molecule has 0 saturated heterocycles. The van der Waals surface area contributed by atoms with Crippen molar-refractivity contribution >= 4 is 61.1 Å². The lowest BCUT2D eigenvalue weighted by atomic mass is 9.86. The van der Waals surface area contributed by atoms with Gasteiger partial charge in [-0.25, -0.2) is 0 Å². The number of hydrogen-bond donors (Lipinski definition) is 1. The zero-order valence-corrected chi connectivity index (χ0v) is 25.0. The molecule has 0 spiro atoms. The average molecular weight is 648 g/mol. The molecule has 2 amide bonds. The van der Waals surface area contributed by atoms with E-state index in [-0.39, 0.29) is 22.3 Å². The molecule has 3 aromatic carbocycles. The van der Waals surface area contributed by atoms with Crippen LogP contribution in [-0.4, -0.2) is 37.1 Å². The van der Waals surface area contributed by atoms with E-state index in [1.54, 1.807) is 46.7 Å². The summed E-state index contributed by atoms with van der Waals surface area (Å²) in [6, 6.07) is 16.5. The number of benzene rings is 3. The van der Waals surface area contributed by atoms with Crippen LogP contribution in [0.2, 0.25) is 5.02 Å². The Morgan fingerprint density at radius 1 is 1.13 bits per heavy atom. The van der Waals surface area contributed by atoms with Crippen molar-refractivity contribution in [1.29, 1.82) is 0 Å². The van der Waals surface area contributed by atoms with E-state index >= 15 is 0 Å². The molecule has 1 aliphatic heterocycles. The normalized spacial score (nSPS) is 15.5. The highest BCUT2D eigenvalue weighted by atomic mass is 127. The Morgan fingerprint density at radius 2 is 1.84 bits per heavy atom. The predicted molar refractivity (Wildman–Crippen MR) is 162 cm³/mol. The third kappa shape index (κ3) is 5.86. The number of carbonyl (C=O) groups is 2. The number of methoxy groups -OCH3 is 1.